The minimum absolute atomic E-state index is 0.134. The molecule has 2 aromatic rings. The Morgan fingerprint density at radius 3 is 2.89 bits per heavy atom. The molecule has 0 radical (unpaired) electrons. The normalized spacial score (nSPS) is 11.9. The second-order valence-corrected chi connectivity index (χ2v) is 4.82. The Labute approximate surface area is 114 Å². The summed E-state index contributed by atoms with van der Waals surface area (Å²) >= 11 is 1.15. The van der Waals surface area contributed by atoms with E-state index in [2.05, 4.69) is 15.5 Å². The van der Waals surface area contributed by atoms with Crippen LogP contribution in [0.4, 0.5) is 5.13 Å². The number of hydrogen-bond acceptors (Lipinski definition) is 6. The van der Waals surface area contributed by atoms with Gasteiger partial charge in [-0.2, -0.15) is 0 Å². The van der Waals surface area contributed by atoms with E-state index in [-0.39, 0.29) is 11.7 Å². The molecule has 2 N–H and O–H groups in total. The average molecular weight is 279 g/mol. The summed E-state index contributed by atoms with van der Waals surface area (Å²) in [7, 11) is 1.49. The smallest absolute Gasteiger partial charge is 0.295 e. The van der Waals surface area contributed by atoms with Crippen LogP contribution in [0, 0.1) is 0 Å². The summed E-state index contributed by atoms with van der Waals surface area (Å²) in [4.78, 5) is 12.0. The minimum atomic E-state index is -0.401. The maximum absolute atomic E-state index is 12.0. The maximum atomic E-state index is 12.0. The number of hydrogen-bond donors (Lipinski definition) is 2. The zero-order valence-corrected chi connectivity index (χ0v) is 11.3. The molecular formula is C12H13N3O3S. The molecular weight excluding hydrogens is 266 g/mol. The lowest BCUT2D eigenvalue weighted by molar-refractivity contribution is -0.117. The number of nitrogens with one attached hydrogen (secondary N) is 1. The molecule has 1 unspecified atom stereocenters. The summed E-state index contributed by atoms with van der Waals surface area (Å²) in [6.45, 7) is 1.75. The Hall–Kier alpha value is -2.15. The van der Waals surface area contributed by atoms with Crippen LogP contribution in [0.25, 0.3) is 0 Å². The number of carbonyl (C=O) groups is 1. The number of phenols is 1. The molecule has 0 aliphatic heterocycles. The van der Waals surface area contributed by atoms with Gasteiger partial charge < -0.3 is 9.84 Å². The predicted molar refractivity (Wildman–Crippen MR) is 71.6 cm³/mol. The molecule has 0 saturated carbocycles. The highest BCUT2D eigenvalue weighted by molar-refractivity contribution is 7.17. The molecule has 1 aromatic carbocycles. The lowest BCUT2D eigenvalue weighted by atomic mass is 10.0. The van der Waals surface area contributed by atoms with Crippen molar-refractivity contribution in [1.82, 2.24) is 10.2 Å². The van der Waals surface area contributed by atoms with Crippen molar-refractivity contribution < 1.29 is 14.6 Å². The van der Waals surface area contributed by atoms with E-state index < -0.39 is 5.92 Å². The van der Waals surface area contributed by atoms with Crippen LogP contribution in [0.5, 0.6) is 10.9 Å². The molecule has 0 fully saturated rings. The quantitative estimate of drug-likeness (QED) is 0.894. The molecule has 0 saturated heterocycles. The van der Waals surface area contributed by atoms with Gasteiger partial charge in [-0.05, 0) is 36.0 Å². The van der Waals surface area contributed by atoms with Gasteiger partial charge in [0.1, 0.15) is 5.75 Å². The Kier molecular flexibility index (Phi) is 3.96. The average Bonchev–Trinajstić information content (AvgIpc) is 2.85. The number of phenolic OH excluding ortho intramolecular Hbond substituents is 1. The first-order chi connectivity index (χ1) is 9.10. The molecule has 6 nitrogen and oxygen atoms in total. The van der Waals surface area contributed by atoms with Crippen molar-refractivity contribution in [3.63, 3.8) is 0 Å². The van der Waals surface area contributed by atoms with Crippen LogP contribution in [0.15, 0.2) is 24.3 Å². The number of nitrogens with zero attached hydrogens (tertiary/aromatic N) is 2. The lowest BCUT2D eigenvalue weighted by Gasteiger charge is -2.10. The fourth-order valence-electron chi connectivity index (χ4n) is 1.50. The second-order valence-electron chi connectivity index (χ2n) is 3.88. The Balaban J connectivity index is 2.07. The number of aromatic nitrogens is 2. The third kappa shape index (κ3) is 3.19. The molecule has 1 amide bonds. The topological polar surface area (TPSA) is 84.3 Å². The third-order valence-corrected chi connectivity index (χ3v) is 3.37. The second kappa shape index (κ2) is 5.66. The molecule has 100 valence electrons. The molecule has 1 aromatic heterocycles. The van der Waals surface area contributed by atoms with Gasteiger partial charge in [0.25, 0.3) is 5.19 Å². The highest BCUT2D eigenvalue weighted by atomic mass is 32.1. The van der Waals surface area contributed by atoms with Crippen LogP contribution in [-0.2, 0) is 4.79 Å². The fraction of sp³-hybridized carbons (Fsp3) is 0.250. The third-order valence-electron chi connectivity index (χ3n) is 2.57. The Morgan fingerprint density at radius 2 is 2.26 bits per heavy atom. The van der Waals surface area contributed by atoms with Crippen LogP contribution in [0.3, 0.4) is 0 Å². The molecule has 0 spiro atoms. The summed E-state index contributed by atoms with van der Waals surface area (Å²) in [5.74, 6) is -0.485. The zero-order chi connectivity index (χ0) is 13.8. The highest BCUT2D eigenvalue weighted by Gasteiger charge is 2.17. The van der Waals surface area contributed by atoms with Gasteiger partial charge in [0.15, 0.2) is 0 Å². The number of aromatic hydroxyl groups is 1. The van der Waals surface area contributed by atoms with Crippen LogP contribution < -0.4 is 10.1 Å². The van der Waals surface area contributed by atoms with Crippen molar-refractivity contribution in [2.75, 3.05) is 12.4 Å². The van der Waals surface area contributed by atoms with Gasteiger partial charge in [0.2, 0.25) is 11.0 Å². The highest BCUT2D eigenvalue weighted by Crippen LogP contribution is 2.25. The summed E-state index contributed by atoms with van der Waals surface area (Å²) in [5.41, 5.74) is 0.731. The van der Waals surface area contributed by atoms with Gasteiger partial charge in [0.05, 0.1) is 13.0 Å². The SMILES string of the molecule is COc1nnc(NC(=O)C(C)c2cccc(O)c2)s1. The molecule has 7 heteroatoms. The Morgan fingerprint density at radius 1 is 1.47 bits per heavy atom. The van der Waals surface area contributed by atoms with Crippen molar-refractivity contribution in [3.8, 4) is 10.9 Å². The van der Waals surface area contributed by atoms with Gasteiger partial charge in [-0.25, -0.2) is 0 Å². The molecule has 0 bridgehead atoms. The largest absolute Gasteiger partial charge is 0.508 e. The predicted octanol–water partition coefficient (Wildman–Crippen LogP) is 1.99. The number of rotatable bonds is 4. The first-order valence-corrected chi connectivity index (χ1v) is 6.39. The molecule has 1 heterocycles. The monoisotopic (exact) mass is 279 g/mol. The number of benzene rings is 1. The van der Waals surface area contributed by atoms with E-state index in [9.17, 15) is 9.90 Å². The molecule has 19 heavy (non-hydrogen) atoms. The van der Waals surface area contributed by atoms with E-state index in [0.29, 0.717) is 10.3 Å². The van der Waals surface area contributed by atoms with Gasteiger partial charge >= 0.3 is 0 Å². The van der Waals surface area contributed by atoms with Crippen molar-refractivity contribution in [1.29, 1.82) is 0 Å². The summed E-state index contributed by atoms with van der Waals surface area (Å²) < 4.78 is 4.90. The van der Waals surface area contributed by atoms with Gasteiger partial charge in [0, 0.05) is 0 Å². The maximum Gasteiger partial charge on any atom is 0.295 e. The van der Waals surface area contributed by atoms with Crippen molar-refractivity contribution in [2.24, 2.45) is 0 Å². The minimum Gasteiger partial charge on any atom is -0.508 e. The summed E-state index contributed by atoms with van der Waals surface area (Å²) in [6, 6.07) is 6.60. The molecule has 0 aliphatic rings. The molecule has 1 atom stereocenters. The van der Waals surface area contributed by atoms with E-state index in [1.54, 1.807) is 31.2 Å². The van der Waals surface area contributed by atoms with E-state index in [0.717, 1.165) is 16.9 Å². The number of ether oxygens (including phenoxy) is 1. The zero-order valence-electron chi connectivity index (χ0n) is 10.5. The van der Waals surface area contributed by atoms with Crippen molar-refractivity contribution in [3.05, 3.63) is 29.8 Å². The van der Waals surface area contributed by atoms with Gasteiger partial charge in [-0.1, -0.05) is 17.2 Å². The van der Waals surface area contributed by atoms with E-state index in [1.807, 2.05) is 0 Å². The van der Waals surface area contributed by atoms with E-state index in [4.69, 9.17) is 4.74 Å². The lowest BCUT2D eigenvalue weighted by Crippen LogP contribution is -2.18. The van der Waals surface area contributed by atoms with Crippen LogP contribution in [0.2, 0.25) is 0 Å². The van der Waals surface area contributed by atoms with E-state index >= 15 is 0 Å². The molecule has 2 rings (SSSR count). The molecule has 0 aliphatic carbocycles. The first kappa shape index (κ1) is 13.3. The van der Waals surface area contributed by atoms with Crippen LogP contribution >= 0.6 is 11.3 Å². The van der Waals surface area contributed by atoms with Crippen molar-refractivity contribution >= 4 is 22.4 Å². The van der Waals surface area contributed by atoms with Gasteiger partial charge in [-0.3, -0.25) is 10.1 Å². The number of carbonyl (C=O) groups excluding carboxylic acids is 1. The number of anilines is 1. The first-order valence-electron chi connectivity index (χ1n) is 5.57. The Bertz CT molecular complexity index is 585. The number of methoxy groups -OCH3 is 1. The van der Waals surface area contributed by atoms with Gasteiger partial charge in [-0.15, -0.1) is 5.10 Å². The summed E-state index contributed by atoms with van der Waals surface area (Å²) in [6.07, 6.45) is 0. The van der Waals surface area contributed by atoms with E-state index in [1.165, 1.54) is 7.11 Å². The van der Waals surface area contributed by atoms with Crippen molar-refractivity contribution in [2.45, 2.75) is 12.8 Å². The number of amides is 1. The van der Waals surface area contributed by atoms with Crippen LogP contribution in [-0.4, -0.2) is 28.3 Å². The summed E-state index contributed by atoms with van der Waals surface area (Å²) in [5, 5.41) is 20.3. The van der Waals surface area contributed by atoms with Crippen LogP contribution in [0.1, 0.15) is 18.4 Å². The standard InChI is InChI=1S/C12H13N3O3S/c1-7(8-4-3-5-9(16)6-8)10(17)13-11-14-15-12(18-2)19-11/h3-7,16H,1-2H3,(H,13,14,17). The fourth-order valence-corrected chi connectivity index (χ4v) is 2.07.